The molecule has 12 heavy (non-hydrogen) atoms. The van der Waals surface area contributed by atoms with Gasteiger partial charge in [0.1, 0.15) is 5.82 Å². The van der Waals surface area contributed by atoms with Gasteiger partial charge < -0.3 is 5.73 Å². The lowest BCUT2D eigenvalue weighted by Gasteiger charge is -2.21. The van der Waals surface area contributed by atoms with Gasteiger partial charge in [-0.1, -0.05) is 0 Å². The minimum Gasteiger partial charge on any atom is -0.328 e. The number of hydrogen-bond acceptors (Lipinski definition) is 3. The van der Waals surface area contributed by atoms with E-state index in [9.17, 15) is 0 Å². The van der Waals surface area contributed by atoms with Crippen LogP contribution in [0, 0.1) is 0 Å². The molecule has 4 nitrogen and oxygen atoms in total. The van der Waals surface area contributed by atoms with Crippen molar-refractivity contribution in [2.75, 3.05) is 6.54 Å². The predicted molar refractivity (Wildman–Crippen MR) is 46.1 cm³/mol. The SMILES string of the molecule is NCC1CCCc2nc(Cl)nn21. The molecule has 1 aliphatic rings. The number of nitrogens with two attached hydrogens (primary N) is 1. The molecule has 1 aromatic rings. The molecule has 1 aromatic heterocycles. The zero-order valence-corrected chi connectivity index (χ0v) is 7.46. The van der Waals surface area contributed by atoms with Gasteiger partial charge in [0.05, 0.1) is 6.04 Å². The van der Waals surface area contributed by atoms with Gasteiger partial charge >= 0.3 is 0 Å². The Bertz CT molecular complexity index is 283. The molecule has 0 saturated heterocycles. The average Bonchev–Trinajstić information content (AvgIpc) is 2.44. The second-order valence-electron chi connectivity index (χ2n) is 3.02. The Kier molecular flexibility index (Phi) is 2.02. The van der Waals surface area contributed by atoms with Crippen LogP contribution < -0.4 is 5.73 Å². The topological polar surface area (TPSA) is 56.7 Å². The fraction of sp³-hybridized carbons (Fsp3) is 0.714. The van der Waals surface area contributed by atoms with Gasteiger partial charge in [-0.3, -0.25) is 0 Å². The van der Waals surface area contributed by atoms with Gasteiger partial charge in [-0.05, 0) is 24.4 Å². The standard InChI is InChI=1S/C7H11ClN4/c8-7-10-6-3-1-2-5(4-9)12(6)11-7/h5H,1-4,9H2. The normalized spacial score (nSPS) is 22.3. The molecule has 1 unspecified atom stereocenters. The Morgan fingerprint density at radius 3 is 3.25 bits per heavy atom. The van der Waals surface area contributed by atoms with Crippen LogP contribution in [0.4, 0.5) is 0 Å². The van der Waals surface area contributed by atoms with Crippen LogP contribution >= 0.6 is 11.6 Å². The summed E-state index contributed by atoms with van der Waals surface area (Å²) in [5.74, 6) is 0.974. The molecule has 1 atom stereocenters. The van der Waals surface area contributed by atoms with Crippen molar-refractivity contribution in [3.63, 3.8) is 0 Å². The van der Waals surface area contributed by atoms with E-state index in [0.717, 1.165) is 25.1 Å². The van der Waals surface area contributed by atoms with E-state index in [4.69, 9.17) is 17.3 Å². The van der Waals surface area contributed by atoms with Gasteiger partial charge in [0, 0.05) is 13.0 Å². The third-order valence-corrected chi connectivity index (χ3v) is 2.39. The van der Waals surface area contributed by atoms with Gasteiger partial charge in [0.25, 0.3) is 0 Å². The van der Waals surface area contributed by atoms with E-state index in [2.05, 4.69) is 10.1 Å². The molecule has 66 valence electrons. The fourth-order valence-corrected chi connectivity index (χ4v) is 1.80. The molecule has 0 fully saturated rings. The zero-order valence-electron chi connectivity index (χ0n) is 6.70. The number of aromatic nitrogens is 3. The van der Waals surface area contributed by atoms with Crippen molar-refractivity contribution in [1.29, 1.82) is 0 Å². The van der Waals surface area contributed by atoms with Crippen molar-refractivity contribution in [2.45, 2.75) is 25.3 Å². The Labute approximate surface area is 75.7 Å². The molecule has 0 radical (unpaired) electrons. The van der Waals surface area contributed by atoms with E-state index in [-0.39, 0.29) is 0 Å². The summed E-state index contributed by atoms with van der Waals surface area (Å²) in [7, 11) is 0. The maximum Gasteiger partial charge on any atom is 0.242 e. The van der Waals surface area contributed by atoms with Crippen LogP contribution in [-0.2, 0) is 6.42 Å². The fourth-order valence-electron chi connectivity index (χ4n) is 1.63. The maximum absolute atomic E-state index is 5.69. The van der Waals surface area contributed by atoms with Crippen LogP contribution in [0.5, 0.6) is 0 Å². The van der Waals surface area contributed by atoms with E-state index in [1.807, 2.05) is 4.68 Å². The van der Waals surface area contributed by atoms with Crippen LogP contribution in [-0.4, -0.2) is 21.3 Å². The number of rotatable bonds is 1. The molecule has 2 rings (SSSR count). The van der Waals surface area contributed by atoms with E-state index < -0.39 is 0 Å². The summed E-state index contributed by atoms with van der Waals surface area (Å²) in [5.41, 5.74) is 5.60. The highest BCUT2D eigenvalue weighted by Gasteiger charge is 2.21. The molecule has 5 heteroatoms. The molecule has 1 aliphatic heterocycles. The van der Waals surface area contributed by atoms with E-state index in [0.29, 0.717) is 17.9 Å². The third kappa shape index (κ3) is 1.21. The molecule has 0 bridgehead atoms. The molecule has 2 N–H and O–H groups in total. The minimum absolute atomic E-state index is 0.300. The largest absolute Gasteiger partial charge is 0.328 e. The van der Waals surface area contributed by atoms with Crippen LogP contribution in [0.15, 0.2) is 0 Å². The Morgan fingerprint density at radius 1 is 1.67 bits per heavy atom. The summed E-state index contributed by atoms with van der Waals surface area (Å²) in [4.78, 5) is 4.11. The van der Waals surface area contributed by atoms with Crippen molar-refractivity contribution < 1.29 is 0 Å². The summed E-state index contributed by atoms with van der Waals surface area (Å²) in [5, 5.41) is 4.43. The van der Waals surface area contributed by atoms with Gasteiger partial charge in [-0.25, -0.2) is 9.67 Å². The highest BCUT2D eigenvalue weighted by molar-refractivity contribution is 6.28. The molecule has 0 spiro atoms. The van der Waals surface area contributed by atoms with E-state index >= 15 is 0 Å². The first-order chi connectivity index (χ1) is 5.81. The van der Waals surface area contributed by atoms with E-state index in [1.165, 1.54) is 0 Å². The Hall–Kier alpha value is -0.610. The zero-order chi connectivity index (χ0) is 8.55. The lowest BCUT2D eigenvalue weighted by atomic mass is 10.1. The van der Waals surface area contributed by atoms with Crippen LogP contribution in [0.25, 0.3) is 0 Å². The Morgan fingerprint density at radius 2 is 2.50 bits per heavy atom. The van der Waals surface area contributed by atoms with E-state index in [1.54, 1.807) is 0 Å². The second-order valence-corrected chi connectivity index (χ2v) is 3.36. The first-order valence-electron chi connectivity index (χ1n) is 4.12. The predicted octanol–water partition coefficient (Wildman–Crippen LogP) is 0.768. The monoisotopic (exact) mass is 186 g/mol. The highest BCUT2D eigenvalue weighted by atomic mass is 35.5. The lowest BCUT2D eigenvalue weighted by Crippen LogP contribution is -2.25. The highest BCUT2D eigenvalue weighted by Crippen LogP contribution is 2.22. The maximum atomic E-state index is 5.69. The van der Waals surface area contributed by atoms with Crippen LogP contribution in [0.1, 0.15) is 24.7 Å². The molecule has 0 saturated carbocycles. The number of nitrogens with zero attached hydrogens (tertiary/aromatic N) is 3. The molecule has 0 amide bonds. The molecule has 2 heterocycles. The number of fused-ring (bicyclic) bond motifs is 1. The van der Waals surface area contributed by atoms with Crippen LogP contribution in [0.3, 0.4) is 0 Å². The minimum atomic E-state index is 0.300. The molecule has 0 aromatic carbocycles. The van der Waals surface area contributed by atoms with Crippen molar-refractivity contribution in [3.05, 3.63) is 11.1 Å². The quantitative estimate of drug-likeness (QED) is 0.705. The van der Waals surface area contributed by atoms with Crippen molar-refractivity contribution in [1.82, 2.24) is 14.8 Å². The smallest absolute Gasteiger partial charge is 0.242 e. The summed E-state index contributed by atoms with van der Waals surface area (Å²) in [6.45, 7) is 0.618. The average molecular weight is 187 g/mol. The van der Waals surface area contributed by atoms with Crippen LogP contribution in [0.2, 0.25) is 5.28 Å². The summed E-state index contributed by atoms with van der Waals surface area (Å²) >= 11 is 5.69. The first-order valence-corrected chi connectivity index (χ1v) is 4.50. The second kappa shape index (κ2) is 3.03. The summed E-state index contributed by atoms with van der Waals surface area (Å²) < 4.78 is 1.87. The van der Waals surface area contributed by atoms with Crippen molar-refractivity contribution in [3.8, 4) is 0 Å². The number of halogens is 1. The molecular weight excluding hydrogens is 176 g/mol. The van der Waals surface area contributed by atoms with Crippen molar-refractivity contribution in [2.24, 2.45) is 5.73 Å². The number of hydrogen-bond donors (Lipinski definition) is 1. The summed E-state index contributed by atoms with van der Waals surface area (Å²) in [6.07, 6.45) is 3.19. The number of aryl methyl sites for hydroxylation is 1. The van der Waals surface area contributed by atoms with Gasteiger partial charge in [-0.2, -0.15) is 0 Å². The summed E-state index contributed by atoms with van der Waals surface area (Å²) in [6, 6.07) is 0.300. The Balaban J connectivity index is 2.36. The lowest BCUT2D eigenvalue weighted by molar-refractivity contribution is 0.369. The van der Waals surface area contributed by atoms with Gasteiger partial charge in [0.2, 0.25) is 5.28 Å². The van der Waals surface area contributed by atoms with Crippen molar-refractivity contribution >= 4 is 11.6 Å². The third-order valence-electron chi connectivity index (χ3n) is 2.23. The van der Waals surface area contributed by atoms with Gasteiger partial charge in [0.15, 0.2) is 0 Å². The van der Waals surface area contributed by atoms with Gasteiger partial charge in [-0.15, -0.1) is 5.10 Å². The first kappa shape index (κ1) is 8.01. The molecular formula is C7H11ClN4. The molecule has 0 aliphatic carbocycles.